The van der Waals surface area contributed by atoms with Gasteiger partial charge in [-0.05, 0) is 19.2 Å². The van der Waals surface area contributed by atoms with Gasteiger partial charge in [0.25, 0.3) is 5.91 Å². The molecule has 1 rings (SSSR count). The van der Waals surface area contributed by atoms with Gasteiger partial charge >= 0.3 is 0 Å². The van der Waals surface area contributed by atoms with Crippen molar-refractivity contribution in [2.75, 3.05) is 20.1 Å². The van der Waals surface area contributed by atoms with Gasteiger partial charge in [-0.3, -0.25) is 4.79 Å². The molecule has 0 saturated heterocycles. The fraction of sp³-hybridized carbons (Fsp3) is 0.333. The zero-order valence-electron chi connectivity index (χ0n) is 7.88. The number of nitrogens with one attached hydrogen (secondary N) is 2. The molecule has 1 amide bonds. The summed E-state index contributed by atoms with van der Waals surface area (Å²) in [7, 11) is 1.83. The van der Waals surface area contributed by atoms with Crippen molar-refractivity contribution in [1.82, 2.24) is 15.6 Å². The van der Waals surface area contributed by atoms with E-state index in [-0.39, 0.29) is 5.91 Å². The van der Waals surface area contributed by atoms with Crippen LogP contribution in [0.3, 0.4) is 0 Å². The maximum atomic E-state index is 11.4. The van der Waals surface area contributed by atoms with Crippen LogP contribution in [-0.4, -0.2) is 31.0 Å². The lowest BCUT2D eigenvalue weighted by Gasteiger charge is -2.03. The maximum Gasteiger partial charge on any atom is 0.269 e. The average Bonchev–Trinajstić information content (AvgIpc) is 2.19. The van der Waals surface area contributed by atoms with Gasteiger partial charge in [-0.15, -0.1) is 0 Å². The molecule has 76 valence electrons. The molecule has 0 aliphatic heterocycles. The third kappa shape index (κ3) is 3.32. The first-order valence-corrected chi connectivity index (χ1v) is 4.66. The van der Waals surface area contributed by atoms with E-state index in [9.17, 15) is 4.79 Å². The fourth-order valence-corrected chi connectivity index (χ4v) is 1.01. The lowest BCUT2D eigenvalue weighted by molar-refractivity contribution is 0.0949. The lowest BCUT2D eigenvalue weighted by Crippen LogP contribution is -2.30. The number of hydrogen-bond acceptors (Lipinski definition) is 3. The normalized spacial score (nSPS) is 9.86. The highest BCUT2D eigenvalue weighted by Crippen LogP contribution is 2.05. The smallest absolute Gasteiger partial charge is 0.269 e. The predicted molar refractivity (Wildman–Crippen MR) is 55.5 cm³/mol. The molecule has 14 heavy (non-hydrogen) atoms. The molecule has 0 fully saturated rings. The van der Waals surface area contributed by atoms with Crippen LogP contribution in [0.15, 0.2) is 18.3 Å². The highest BCUT2D eigenvalue weighted by Gasteiger charge is 2.04. The van der Waals surface area contributed by atoms with E-state index in [0.717, 1.165) is 6.54 Å². The summed E-state index contributed by atoms with van der Waals surface area (Å²) in [5.41, 5.74) is 0.380. The number of hydrogen-bond donors (Lipinski definition) is 2. The minimum atomic E-state index is -0.183. The summed E-state index contributed by atoms with van der Waals surface area (Å²) in [4.78, 5) is 15.3. The Kier molecular flexibility index (Phi) is 4.35. The van der Waals surface area contributed by atoms with Crippen LogP contribution in [0.4, 0.5) is 0 Å². The van der Waals surface area contributed by atoms with Gasteiger partial charge in [-0.2, -0.15) is 0 Å². The Labute approximate surface area is 87.7 Å². The Bertz CT molecular complexity index is 299. The maximum absolute atomic E-state index is 11.4. The number of amides is 1. The number of halogens is 1. The molecule has 0 aliphatic rings. The van der Waals surface area contributed by atoms with Gasteiger partial charge in [-0.1, -0.05) is 11.6 Å². The van der Waals surface area contributed by atoms with Crippen molar-refractivity contribution >= 4 is 17.5 Å². The first kappa shape index (κ1) is 10.9. The third-order valence-corrected chi connectivity index (χ3v) is 1.84. The van der Waals surface area contributed by atoms with Crippen LogP contribution in [0.5, 0.6) is 0 Å². The van der Waals surface area contributed by atoms with Gasteiger partial charge in [0.05, 0.1) is 5.02 Å². The Hall–Kier alpha value is -1.13. The number of likely N-dealkylation sites (N-methyl/N-ethyl adjacent to an activating group) is 1. The summed E-state index contributed by atoms with van der Waals surface area (Å²) in [6.45, 7) is 1.32. The SMILES string of the molecule is CNCCNC(=O)c1ccc(Cl)cn1. The Morgan fingerprint density at radius 3 is 2.86 bits per heavy atom. The molecule has 5 heteroatoms. The second-order valence-corrected chi connectivity index (χ2v) is 3.16. The van der Waals surface area contributed by atoms with Crippen LogP contribution in [0.25, 0.3) is 0 Å². The van der Waals surface area contributed by atoms with Crippen LogP contribution in [0.1, 0.15) is 10.5 Å². The van der Waals surface area contributed by atoms with E-state index < -0.39 is 0 Å². The summed E-state index contributed by atoms with van der Waals surface area (Å²) >= 11 is 5.64. The third-order valence-electron chi connectivity index (χ3n) is 1.62. The second kappa shape index (κ2) is 5.57. The van der Waals surface area contributed by atoms with Gasteiger partial charge in [0.1, 0.15) is 5.69 Å². The summed E-state index contributed by atoms with van der Waals surface area (Å²) in [6, 6.07) is 3.23. The number of aromatic nitrogens is 1. The van der Waals surface area contributed by atoms with Crippen LogP contribution >= 0.6 is 11.6 Å². The highest BCUT2D eigenvalue weighted by atomic mass is 35.5. The van der Waals surface area contributed by atoms with Gasteiger partial charge in [0.15, 0.2) is 0 Å². The molecule has 0 radical (unpaired) electrons. The van der Waals surface area contributed by atoms with Crippen molar-refractivity contribution in [3.05, 3.63) is 29.0 Å². The number of nitrogens with zero attached hydrogens (tertiary/aromatic N) is 1. The summed E-state index contributed by atoms with van der Waals surface area (Å²) < 4.78 is 0. The van der Waals surface area contributed by atoms with Gasteiger partial charge < -0.3 is 10.6 Å². The molecular formula is C9H12ClN3O. The largest absolute Gasteiger partial charge is 0.349 e. The second-order valence-electron chi connectivity index (χ2n) is 2.72. The van der Waals surface area contributed by atoms with Gasteiger partial charge in [0, 0.05) is 19.3 Å². The predicted octanol–water partition coefficient (Wildman–Crippen LogP) is 0.684. The Morgan fingerprint density at radius 1 is 1.50 bits per heavy atom. The highest BCUT2D eigenvalue weighted by molar-refractivity contribution is 6.30. The van der Waals surface area contributed by atoms with Crippen LogP contribution in [0, 0.1) is 0 Å². The molecule has 1 aromatic heterocycles. The summed E-state index contributed by atoms with van der Waals surface area (Å²) in [5.74, 6) is -0.183. The monoisotopic (exact) mass is 213 g/mol. The van der Waals surface area contributed by atoms with Gasteiger partial charge in [0.2, 0.25) is 0 Å². The molecule has 0 aromatic carbocycles. The quantitative estimate of drug-likeness (QED) is 0.724. The molecule has 0 spiro atoms. The standard InChI is InChI=1S/C9H12ClN3O/c1-11-4-5-12-9(14)8-3-2-7(10)6-13-8/h2-3,6,11H,4-5H2,1H3,(H,12,14). The minimum Gasteiger partial charge on any atom is -0.349 e. The molecule has 0 aliphatic carbocycles. The van der Waals surface area contributed by atoms with Crippen molar-refractivity contribution < 1.29 is 4.79 Å². The zero-order chi connectivity index (χ0) is 10.4. The van der Waals surface area contributed by atoms with E-state index >= 15 is 0 Å². The lowest BCUT2D eigenvalue weighted by atomic mass is 10.3. The van der Waals surface area contributed by atoms with E-state index in [4.69, 9.17) is 11.6 Å². The van der Waals surface area contributed by atoms with Crippen molar-refractivity contribution in [3.8, 4) is 0 Å². The summed E-state index contributed by atoms with van der Waals surface area (Å²) in [5, 5.41) is 6.16. The Morgan fingerprint density at radius 2 is 2.29 bits per heavy atom. The van der Waals surface area contributed by atoms with E-state index in [0.29, 0.717) is 17.3 Å². The fourth-order valence-electron chi connectivity index (χ4n) is 0.902. The van der Waals surface area contributed by atoms with E-state index in [1.807, 2.05) is 7.05 Å². The molecule has 1 aromatic rings. The molecule has 0 atom stereocenters. The number of carbonyl (C=O) groups is 1. The summed E-state index contributed by atoms with van der Waals surface area (Å²) in [6.07, 6.45) is 1.45. The van der Waals surface area contributed by atoms with Crippen molar-refractivity contribution in [2.45, 2.75) is 0 Å². The average molecular weight is 214 g/mol. The number of rotatable bonds is 4. The van der Waals surface area contributed by atoms with Crippen LogP contribution in [-0.2, 0) is 0 Å². The zero-order valence-corrected chi connectivity index (χ0v) is 8.64. The molecule has 0 bridgehead atoms. The number of pyridine rings is 1. The van der Waals surface area contributed by atoms with Crippen molar-refractivity contribution in [3.63, 3.8) is 0 Å². The molecule has 0 saturated carbocycles. The molecule has 2 N–H and O–H groups in total. The van der Waals surface area contributed by atoms with Crippen LogP contribution in [0.2, 0.25) is 5.02 Å². The van der Waals surface area contributed by atoms with Crippen LogP contribution < -0.4 is 10.6 Å². The first-order chi connectivity index (χ1) is 6.74. The Balaban J connectivity index is 2.48. The van der Waals surface area contributed by atoms with E-state index in [2.05, 4.69) is 15.6 Å². The molecular weight excluding hydrogens is 202 g/mol. The van der Waals surface area contributed by atoms with E-state index in [1.165, 1.54) is 6.20 Å². The van der Waals surface area contributed by atoms with Gasteiger partial charge in [-0.25, -0.2) is 4.98 Å². The molecule has 0 unspecified atom stereocenters. The van der Waals surface area contributed by atoms with Crippen molar-refractivity contribution in [1.29, 1.82) is 0 Å². The van der Waals surface area contributed by atoms with Crippen molar-refractivity contribution in [2.24, 2.45) is 0 Å². The molecule has 4 nitrogen and oxygen atoms in total. The van der Waals surface area contributed by atoms with E-state index in [1.54, 1.807) is 12.1 Å². The number of carbonyl (C=O) groups excluding carboxylic acids is 1. The minimum absolute atomic E-state index is 0.183. The first-order valence-electron chi connectivity index (χ1n) is 4.28. The topological polar surface area (TPSA) is 54.0 Å². The molecule has 1 heterocycles.